The number of halogens is 1. The molecular formula is C24H27FN2O4. The third kappa shape index (κ3) is 4.78. The van der Waals surface area contributed by atoms with E-state index in [1.807, 2.05) is 24.3 Å². The summed E-state index contributed by atoms with van der Waals surface area (Å²) >= 11 is 0. The third-order valence-electron chi connectivity index (χ3n) is 6.09. The number of ether oxygens (including phenoxy) is 2. The molecule has 1 saturated heterocycles. The predicted octanol–water partition coefficient (Wildman–Crippen LogP) is 2.84. The van der Waals surface area contributed by atoms with E-state index in [1.165, 1.54) is 24.3 Å². The van der Waals surface area contributed by atoms with Crippen LogP contribution in [0.4, 0.5) is 4.39 Å². The number of benzene rings is 2. The van der Waals surface area contributed by atoms with Gasteiger partial charge in [0.15, 0.2) is 0 Å². The molecule has 3 atom stereocenters. The smallest absolute Gasteiger partial charge is 0.247 e. The Balaban J connectivity index is 1.52. The number of carbonyl (C=O) groups excluding carboxylic acids is 2. The molecule has 0 spiro atoms. The first-order valence-electron chi connectivity index (χ1n) is 10.6. The van der Waals surface area contributed by atoms with Crippen LogP contribution in [0.15, 0.2) is 48.5 Å². The van der Waals surface area contributed by atoms with Crippen molar-refractivity contribution in [2.45, 2.75) is 37.5 Å². The summed E-state index contributed by atoms with van der Waals surface area (Å²) in [5, 5.41) is 5.93. The molecule has 6 nitrogen and oxygen atoms in total. The SMILES string of the molecule is CO[C@@H]1c2ccccc2C[C@H]1NC(=O)[C@@H](NC(=O)C1CCOCC1)c1ccc(F)cc1. The summed E-state index contributed by atoms with van der Waals surface area (Å²) in [7, 11) is 1.62. The number of rotatable bonds is 6. The van der Waals surface area contributed by atoms with E-state index in [4.69, 9.17) is 9.47 Å². The van der Waals surface area contributed by atoms with Crippen molar-refractivity contribution in [3.05, 3.63) is 71.0 Å². The van der Waals surface area contributed by atoms with Crippen LogP contribution in [-0.2, 0) is 25.5 Å². The topological polar surface area (TPSA) is 76.7 Å². The van der Waals surface area contributed by atoms with Gasteiger partial charge in [0.1, 0.15) is 18.0 Å². The lowest BCUT2D eigenvalue weighted by Gasteiger charge is -2.27. The largest absolute Gasteiger partial charge is 0.381 e. The molecule has 2 amide bonds. The fourth-order valence-corrected chi connectivity index (χ4v) is 4.42. The van der Waals surface area contributed by atoms with Crippen molar-refractivity contribution in [2.24, 2.45) is 5.92 Å². The third-order valence-corrected chi connectivity index (χ3v) is 6.09. The maximum absolute atomic E-state index is 13.5. The van der Waals surface area contributed by atoms with Crippen molar-refractivity contribution in [3.63, 3.8) is 0 Å². The molecule has 0 bridgehead atoms. The van der Waals surface area contributed by atoms with Crippen LogP contribution in [0.5, 0.6) is 0 Å². The molecule has 2 aromatic carbocycles. The van der Waals surface area contributed by atoms with E-state index < -0.39 is 11.9 Å². The highest BCUT2D eigenvalue weighted by Crippen LogP contribution is 2.34. The first-order chi connectivity index (χ1) is 15.1. The summed E-state index contributed by atoms with van der Waals surface area (Å²) in [4.78, 5) is 26.2. The van der Waals surface area contributed by atoms with E-state index in [9.17, 15) is 14.0 Å². The highest BCUT2D eigenvalue weighted by atomic mass is 19.1. The molecule has 2 aromatic rings. The van der Waals surface area contributed by atoms with Gasteiger partial charge in [-0.05, 0) is 48.1 Å². The Kier molecular flexibility index (Phi) is 6.63. The van der Waals surface area contributed by atoms with Gasteiger partial charge in [-0.3, -0.25) is 9.59 Å². The van der Waals surface area contributed by atoms with Gasteiger partial charge in [-0.2, -0.15) is 0 Å². The lowest BCUT2D eigenvalue weighted by molar-refractivity contribution is -0.133. The van der Waals surface area contributed by atoms with Gasteiger partial charge in [0.25, 0.3) is 0 Å². The number of methoxy groups -OCH3 is 1. The minimum atomic E-state index is -0.919. The standard InChI is InChI=1S/C24H27FN2O4/c1-30-22-19-5-3-2-4-17(19)14-20(22)26-24(29)21(15-6-8-18(25)9-7-15)27-23(28)16-10-12-31-13-11-16/h2-9,16,20-22H,10-14H2,1H3,(H,26,29)(H,27,28)/t20-,21+,22-/m1/s1. The van der Waals surface area contributed by atoms with Gasteiger partial charge >= 0.3 is 0 Å². The van der Waals surface area contributed by atoms with Crippen molar-refractivity contribution in [3.8, 4) is 0 Å². The van der Waals surface area contributed by atoms with E-state index in [-0.39, 0.29) is 29.9 Å². The lowest BCUT2D eigenvalue weighted by Crippen LogP contribution is -2.47. The molecule has 1 heterocycles. The summed E-state index contributed by atoms with van der Waals surface area (Å²) in [5.74, 6) is -1.13. The maximum atomic E-state index is 13.5. The van der Waals surface area contributed by atoms with Gasteiger partial charge in [0.2, 0.25) is 11.8 Å². The van der Waals surface area contributed by atoms with E-state index in [0.717, 1.165) is 11.1 Å². The van der Waals surface area contributed by atoms with Crippen molar-refractivity contribution >= 4 is 11.8 Å². The minimum absolute atomic E-state index is 0.189. The predicted molar refractivity (Wildman–Crippen MR) is 113 cm³/mol. The second kappa shape index (κ2) is 9.58. The molecular weight excluding hydrogens is 399 g/mol. The summed E-state index contributed by atoms with van der Waals surface area (Å²) in [6, 6.07) is 12.4. The fraction of sp³-hybridized carbons (Fsp3) is 0.417. The number of amides is 2. The van der Waals surface area contributed by atoms with Crippen LogP contribution in [0, 0.1) is 11.7 Å². The number of fused-ring (bicyclic) bond motifs is 1. The molecule has 0 radical (unpaired) electrons. The van der Waals surface area contributed by atoms with Gasteiger partial charge in [-0.25, -0.2) is 4.39 Å². The van der Waals surface area contributed by atoms with Crippen LogP contribution in [-0.4, -0.2) is 38.2 Å². The second-order valence-corrected chi connectivity index (χ2v) is 8.05. The van der Waals surface area contributed by atoms with Crippen LogP contribution >= 0.6 is 0 Å². The highest BCUT2D eigenvalue weighted by molar-refractivity contribution is 5.89. The van der Waals surface area contributed by atoms with Crippen molar-refractivity contribution < 1.29 is 23.5 Å². The average molecular weight is 426 g/mol. The van der Waals surface area contributed by atoms with Gasteiger partial charge < -0.3 is 20.1 Å². The molecule has 2 N–H and O–H groups in total. The summed E-state index contributed by atoms with van der Waals surface area (Å²) < 4.78 is 24.5. The zero-order valence-corrected chi connectivity index (χ0v) is 17.5. The Labute approximate surface area is 181 Å². The zero-order valence-electron chi connectivity index (χ0n) is 17.5. The van der Waals surface area contributed by atoms with E-state index >= 15 is 0 Å². The maximum Gasteiger partial charge on any atom is 0.247 e. The lowest BCUT2D eigenvalue weighted by atomic mass is 9.97. The van der Waals surface area contributed by atoms with Gasteiger partial charge in [0.05, 0.1) is 6.04 Å². The van der Waals surface area contributed by atoms with Crippen molar-refractivity contribution in [1.29, 1.82) is 0 Å². The molecule has 1 aliphatic carbocycles. The molecule has 0 saturated carbocycles. The van der Waals surface area contributed by atoms with Crippen LogP contribution in [0.2, 0.25) is 0 Å². The van der Waals surface area contributed by atoms with Crippen LogP contribution < -0.4 is 10.6 Å². The number of carbonyl (C=O) groups is 2. The van der Waals surface area contributed by atoms with Gasteiger partial charge in [-0.1, -0.05) is 36.4 Å². The second-order valence-electron chi connectivity index (χ2n) is 8.05. The number of nitrogens with one attached hydrogen (secondary N) is 2. The summed E-state index contributed by atoms with van der Waals surface area (Å²) in [5.41, 5.74) is 2.72. The quantitative estimate of drug-likeness (QED) is 0.745. The molecule has 0 unspecified atom stereocenters. The van der Waals surface area contributed by atoms with Crippen LogP contribution in [0.1, 0.15) is 41.7 Å². The number of hydrogen-bond donors (Lipinski definition) is 2. The zero-order chi connectivity index (χ0) is 21.8. The van der Waals surface area contributed by atoms with E-state index in [2.05, 4.69) is 10.6 Å². The normalized spacial score (nSPS) is 21.9. The van der Waals surface area contributed by atoms with Crippen LogP contribution in [0.3, 0.4) is 0 Å². The molecule has 2 aliphatic rings. The molecule has 31 heavy (non-hydrogen) atoms. The van der Waals surface area contributed by atoms with E-state index in [1.54, 1.807) is 7.11 Å². The molecule has 1 aliphatic heterocycles. The van der Waals surface area contributed by atoms with Gasteiger partial charge in [0, 0.05) is 26.2 Å². The monoisotopic (exact) mass is 426 g/mol. The Morgan fingerprint density at radius 3 is 2.52 bits per heavy atom. The summed E-state index contributed by atoms with van der Waals surface area (Å²) in [6.45, 7) is 1.06. The Bertz CT molecular complexity index is 927. The average Bonchev–Trinajstić information content (AvgIpc) is 3.15. The van der Waals surface area contributed by atoms with Crippen molar-refractivity contribution in [2.75, 3.05) is 20.3 Å². The molecule has 164 valence electrons. The fourth-order valence-electron chi connectivity index (χ4n) is 4.42. The molecule has 1 fully saturated rings. The Morgan fingerprint density at radius 1 is 1.10 bits per heavy atom. The molecule has 4 rings (SSSR count). The Morgan fingerprint density at radius 2 is 1.81 bits per heavy atom. The molecule has 7 heteroatoms. The first kappa shape index (κ1) is 21.5. The number of hydrogen-bond acceptors (Lipinski definition) is 4. The van der Waals surface area contributed by atoms with E-state index in [0.29, 0.717) is 38.0 Å². The minimum Gasteiger partial charge on any atom is -0.381 e. The van der Waals surface area contributed by atoms with Gasteiger partial charge in [-0.15, -0.1) is 0 Å². The summed E-state index contributed by atoms with van der Waals surface area (Å²) in [6.07, 6.45) is 1.62. The van der Waals surface area contributed by atoms with Crippen molar-refractivity contribution in [1.82, 2.24) is 10.6 Å². The first-order valence-corrected chi connectivity index (χ1v) is 10.6. The van der Waals surface area contributed by atoms with Crippen LogP contribution in [0.25, 0.3) is 0 Å². The highest BCUT2D eigenvalue weighted by Gasteiger charge is 2.36. The Hall–Kier alpha value is -2.77. The molecule has 0 aromatic heterocycles.